The second-order valence-corrected chi connectivity index (χ2v) is 11.7. The third-order valence-corrected chi connectivity index (χ3v) is 9.99. The van der Waals surface area contributed by atoms with Crippen LogP contribution in [0.4, 0.5) is 0 Å². The quantitative estimate of drug-likeness (QED) is 0.315. The van der Waals surface area contributed by atoms with Gasteiger partial charge in [-0.2, -0.15) is 0 Å². The van der Waals surface area contributed by atoms with Gasteiger partial charge in [0, 0.05) is 0 Å². The molecule has 0 N–H and O–H groups in total. The molecule has 0 heterocycles. The Kier molecular flexibility index (Phi) is 7.52. The zero-order valence-electron chi connectivity index (χ0n) is 21.1. The van der Waals surface area contributed by atoms with Crippen LogP contribution < -0.4 is 18.9 Å². The van der Waals surface area contributed by atoms with Crippen LogP contribution in [0, 0.1) is 46.3 Å². The first-order valence-electron chi connectivity index (χ1n) is 12.7. The van der Waals surface area contributed by atoms with Crippen molar-refractivity contribution >= 4 is 0 Å². The van der Waals surface area contributed by atoms with Crippen molar-refractivity contribution < 1.29 is 18.9 Å². The van der Waals surface area contributed by atoms with Crippen LogP contribution in [0.1, 0.15) is 99.3 Å². The van der Waals surface area contributed by atoms with Crippen LogP contribution in [0.25, 0.3) is 0 Å². The minimum atomic E-state index is 0. The summed E-state index contributed by atoms with van der Waals surface area (Å²) in [4.78, 5) is 0. The molecule has 0 bridgehead atoms. The Hall–Kier alpha value is -0.313. The van der Waals surface area contributed by atoms with Gasteiger partial charge in [-0.25, -0.2) is 17.6 Å². The summed E-state index contributed by atoms with van der Waals surface area (Å²) in [5, 5.41) is 0. The van der Waals surface area contributed by atoms with Gasteiger partial charge in [-0.3, -0.25) is 0 Å². The molecule has 0 aromatic rings. The summed E-state index contributed by atoms with van der Waals surface area (Å²) in [6.07, 6.45) is 22.6. The van der Waals surface area contributed by atoms with E-state index in [0.29, 0.717) is 16.7 Å². The Balaban J connectivity index is 0.00000256. The average molecular weight is 401 g/mol. The van der Waals surface area contributed by atoms with Gasteiger partial charge < -0.3 is 0 Å². The molecule has 162 valence electrons. The van der Waals surface area contributed by atoms with Crippen molar-refractivity contribution in [2.45, 2.75) is 99.3 Å². The van der Waals surface area contributed by atoms with Crippen molar-refractivity contribution in [3.63, 3.8) is 0 Å². The van der Waals surface area contributed by atoms with E-state index in [1.165, 1.54) is 57.8 Å². The van der Waals surface area contributed by atoms with Crippen molar-refractivity contribution in [1.82, 2.24) is 0 Å². The summed E-state index contributed by atoms with van der Waals surface area (Å²) >= 11 is 0. The fraction of sp³-hybridized carbons (Fsp3) is 0.759. The van der Waals surface area contributed by atoms with Gasteiger partial charge in [0.05, 0.1) is 0 Å². The SMILES string of the molecule is CC[C@H]1CCC2C(=CC=C3[C-]4CC[C@](C)([C@H](C)/C=C/CC(C)C)[C@@]4(C)CCC32)C1.[Li+]. The predicted molar refractivity (Wildman–Crippen MR) is 126 cm³/mol. The van der Waals surface area contributed by atoms with Crippen LogP contribution in [-0.2, 0) is 0 Å². The van der Waals surface area contributed by atoms with E-state index in [1.807, 2.05) is 5.92 Å². The normalized spacial score (nSPS) is 39.0. The van der Waals surface area contributed by atoms with Gasteiger partial charge in [-0.05, 0) is 67.1 Å². The Bertz CT molecular complexity index is 697. The molecule has 0 aromatic heterocycles. The number of allylic oxidation sites excluding steroid dienone is 6. The summed E-state index contributed by atoms with van der Waals surface area (Å²) in [6, 6.07) is 0. The summed E-state index contributed by atoms with van der Waals surface area (Å²) < 4.78 is 0. The van der Waals surface area contributed by atoms with Gasteiger partial charge in [0.15, 0.2) is 0 Å². The zero-order valence-corrected chi connectivity index (χ0v) is 21.1. The second-order valence-electron chi connectivity index (χ2n) is 11.7. The molecule has 0 amide bonds. The Morgan fingerprint density at radius 3 is 2.53 bits per heavy atom. The van der Waals surface area contributed by atoms with Crippen molar-refractivity contribution in [3.05, 3.63) is 41.4 Å². The van der Waals surface area contributed by atoms with E-state index in [-0.39, 0.29) is 18.9 Å². The average Bonchev–Trinajstić information content (AvgIpc) is 2.99. The Morgan fingerprint density at radius 1 is 1.07 bits per heavy atom. The first kappa shape index (κ1) is 24.3. The fourth-order valence-corrected chi connectivity index (χ4v) is 7.53. The zero-order chi connectivity index (χ0) is 20.8. The predicted octanol–water partition coefficient (Wildman–Crippen LogP) is 5.71. The smallest absolute Gasteiger partial charge is 0.206 e. The molecule has 3 saturated carbocycles. The number of hydrogen-bond donors (Lipinski definition) is 0. The monoisotopic (exact) mass is 400 g/mol. The van der Waals surface area contributed by atoms with Crippen molar-refractivity contribution in [1.29, 1.82) is 0 Å². The fourth-order valence-electron chi connectivity index (χ4n) is 7.53. The Labute approximate surface area is 199 Å². The summed E-state index contributed by atoms with van der Waals surface area (Å²) in [5.74, 6) is 5.93. The van der Waals surface area contributed by atoms with Crippen LogP contribution in [-0.4, -0.2) is 0 Å². The third kappa shape index (κ3) is 3.95. The van der Waals surface area contributed by atoms with Crippen molar-refractivity contribution in [2.24, 2.45) is 40.4 Å². The molecule has 30 heavy (non-hydrogen) atoms. The minimum absolute atomic E-state index is 0. The van der Waals surface area contributed by atoms with Gasteiger partial charge in [0.25, 0.3) is 0 Å². The van der Waals surface area contributed by atoms with E-state index in [0.717, 1.165) is 23.7 Å². The van der Waals surface area contributed by atoms with Crippen LogP contribution in [0.15, 0.2) is 35.5 Å². The molecule has 0 spiro atoms. The van der Waals surface area contributed by atoms with Crippen LogP contribution in [0.3, 0.4) is 0 Å². The first-order valence-corrected chi connectivity index (χ1v) is 12.7. The second kappa shape index (κ2) is 9.28. The molecule has 0 saturated heterocycles. The Morgan fingerprint density at radius 2 is 1.83 bits per heavy atom. The third-order valence-electron chi connectivity index (χ3n) is 9.99. The van der Waals surface area contributed by atoms with Gasteiger partial charge in [-0.1, -0.05) is 90.4 Å². The van der Waals surface area contributed by atoms with E-state index < -0.39 is 0 Å². The molecule has 0 nitrogen and oxygen atoms in total. The molecule has 0 aromatic carbocycles. The standard InChI is InChI=1S/C29H45.Li/c1-7-22-11-13-24-23(19-22)12-14-26-25(24)15-17-29(6)27(26)16-18-28(29,5)21(4)10-8-9-20(2)3;/h8,10,12,14,20-22,24-25H,7,9,11,13,15-19H2,1-6H3;/q-1;+1/b10-8+;/t21-,22+,24?,25?,28-,29+;/m1./s1. The van der Waals surface area contributed by atoms with E-state index in [1.54, 1.807) is 11.1 Å². The largest absolute Gasteiger partial charge is 1.00 e. The molecule has 3 fully saturated rings. The molecule has 4 aliphatic rings. The minimum Gasteiger partial charge on any atom is -0.206 e. The van der Waals surface area contributed by atoms with Crippen LogP contribution in [0.5, 0.6) is 0 Å². The molecule has 6 atom stereocenters. The maximum atomic E-state index is 2.63. The number of rotatable bonds is 5. The van der Waals surface area contributed by atoms with Crippen LogP contribution >= 0.6 is 0 Å². The number of hydrogen-bond acceptors (Lipinski definition) is 0. The molecule has 2 unspecified atom stereocenters. The number of fused-ring (bicyclic) bond motifs is 5. The molecule has 1 heteroatoms. The van der Waals surface area contributed by atoms with Gasteiger partial charge >= 0.3 is 18.9 Å². The topological polar surface area (TPSA) is 0 Å². The molecular weight excluding hydrogens is 355 g/mol. The first-order chi connectivity index (χ1) is 13.8. The molecule has 4 aliphatic carbocycles. The van der Waals surface area contributed by atoms with Gasteiger partial charge in [-0.15, -0.1) is 6.08 Å². The van der Waals surface area contributed by atoms with E-state index in [2.05, 4.69) is 65.8 Å². The maximum absolute atomic E-state index is 2.63. The molecule has 0 radical (unpaired) electrons. The summed E-state index contributed by atoms with van der Waals surface area (Å²) in [7, 11) is 0. The molecule has 0 aliphatic heterocycles. The van der Waals surface area contributed by atoms with Crippen LogP contribution in [0.2, 0.25) is 0 Å². The van der Waals surface area contributed by atoms with Gasteiger partial charge in [0.2, 0.25) is 0 Å². The maximum Gasteiger partial charge on any atom is 1.00 e. The molecular formula is C29H45Li. The van der Waals surface area contributed by atoms with E-state index >= 15 is 0 Å². The van der Waals surface area contributed by atoms with Crippen molar-refractivity contribution in [2.75, 3.05) is 0 Å². The van der Waals surface area contributed by atoms with Crippen molar-refractivity contribution in [3.8, 4) is 0 Å². The van der Waals surface area contributed by atoms with Gasteiger partial charge in [0.1, 0.15) is 0 Å². The van der Waals surface area contributed by atoms with E-state index in [9.17, 15) is 0 Å². The van der Waals surface area contributed by atoms with E-state index in [4.69, 9.17) is 0 Å². The summed E-state index contributed by atoms with van der Waals surface area (Å²) in [6.45, 7) is 14.8. The molecule has 4 rings (SSSR count). The summed E-state index contributed by atoms with van der Waals surface area (Å²) in [5.41, 5.74) is 4.38.